The standard InChI is InChI=1S/C23H29N9/c1-15(24)13-19-28-20-21(29-23(25)30-22(20)32(19)18-5-2-3-6-18)26-14-16-7-9-17(10-8-16)31-12-4-11-27-31/h4,7-12,15,18H,2-3,5-6,13-14,24H2,1H3,(H3,25,26,29,30). The number of benzene rings is 1. The van der Waals surface area contributed by atoms with Gasteiger partial charge in [-0.15, -0.1) is 0 Å². The number of hydrogen-bond donors (Lipinski definition) is 3. The molecule has 1 aliphatic carbocycles. The molecule has 1 atom stereocenters. The van der Waals surface area contributed by atoms with Gasteiger partial charge in [-0.25, -0.2) is 9.67 Å². The van der Waals surface area contributed by atoms with E-state index in [1.54, 1.807) is 6.20 Å². The van der Waals surface area contributed by atoms with Gasteiger partial charge in [0, 0.05) is 37.4 Å². The van der Waals surface area contributed by atoms with E-state index in [1.807, 2.05) is 36.0 Å². The Morgan fingerprint density at radius 1 is 1.12 bits per heavy atom. The third kappa shape index (κ3) is 4.03. The van der Waals surface area contributed by atoms with Crippen LogP contribution in [0.25, 0.3) is 16.9 Å². The first-order valence-electron chi connectivity index (χ1n) is 11.2. The predicted molar refractivity (Wildman–Crippen MR) is 125 cm³/mol. The molecular formula is C23H29N9. The molecule has 166 valence electrons. The quantitative estimate of drug-likeness (QED) is 0.410. The fraction of sp³-hybridized carbons (Fsp3) is 0.391. The minimum absolute atomic E-state index is 0.0157. The normalized spacial score (nSPS) is 15.4. The van der Waals surface area contributed by atoms with Gasteiger partial charge in [-0.1, -0.05) is 25.0 Å². The number of fused-ring (bicyclic) bond motifs is 1. The summed E-state index contributed by atoms with van der Waals surface area (Å²) in [6.07, 6.45) is 9.10. The Labute approximate surface area is 186 Å². The molecule has 32 heavy (non-hydrogen) atoms. The summed E-state index contributed by atoms with van der Waals surface area (Å²) in [7, 11) is 0. The fourth-order valence-corrected chi connectivity index (χ4v) is 4.51. The lowest BCUT2D eigenvalue weighted by Crippen LogP contribution is -2.21. The molecule has 9 heteroatoms. The Morgan fingerprint density at radius 3 is 2.59 bits per heavy atom. The van der Waals surface area contributed by atoms with E-state index in [0.717, 1.165) is 41.1 Å². The maximum absolute atomic E-state index is 6.13. The molecule has 0 saturated heterocycles. The molecule has 5 N–H and O–H groups in total. The van der Waals surface area contributed by atoms with E-state index in [-0.39, 0.29) is 12.0 Å². The molecule has 0 aliphatic heterocycles. The van der Waals surface area contributed by atoms with Gasteiger partial charge in [-0.05, 0) is 43.5 Å². The zero-order valence-electron chi connectivity index (χ0n) is 18.3. The fourth-order valence-electron chi connectivity index (χ4n) is 4.51. The van der Waals surface area contributed by atoms with Gasteiger partial charge in [-0.3, -0.25) is 0 Å². The third-order valence-electron chi connectivity index (χ3n) is 5.99. The Balaban J connectivity index is 1.44. The number of rotatable bonds is 7. The molecule has 3 aromatic heterocycles. The Morgan fingerprint density at radius 2 is 1.91 bits per heavy atom. The summed E-state index contributed by atoms with van der Waals surface area (Å²) in [4.78, 5) is 14.0. The molecule has 0 bridgehead atoms. The molecule has 9 nitrogen and oxygen atoms in total. The van der Waals surface area contributed by atoms with Crippen LogP contribution in [0.2, 0.25) is 0 Å². The molecule has 1 fully saturated rings. The Kier molecular flexibility index (Phi) is 5.48. The van der Waals surface area contributed by atoms with E-state index in [2.05, 4.69) is 37.1 Å². The number of nitrogen functional groups attached to an aromatic ring is 1. The monoisotopic (exact) mass is 431 g/mol. The number of anilines is 2. The number of aromatic nitrogens is 6. The van der Waals surface area contributed by atoms with Gasteiger partial charge < -0.3 is 21.4 Å². The number of hydrogen-bond acceptors (Lipinski definition) is 7. The molecule has 1 saturated carbocycles. The molecule has 1 unspecified atom stereocenters. The van der Waals surface area contributed by atoms with Crippen molar-refractivity contribution in [3.8, 4) is 5.69 Å². The van der Waals surface area contributed by atoms with Crippen LogP contribution in [0, 0.1) is 0 Å². The molecular weight excluding hydrogens is 402 g/mol. The molecule has 0 amide bonds. The summed E-state index contributed by atoms with van der Waals surface area (Å²) < 4.78 is 4.09. The van der Waals surface area contributed by atoms with Crippen molar-refractivity contribution in [2.75, 3.05) is 11.1 Å². The van der Waals surface area contributed by atoms with Crippen LogP contribution in [0.1, 0.15) is 50.0 Å². The smallest absolute Gasteiger partial charge is 0.224 e. The first-order valence-corrected chi connectivity index (χ1v) is 11.2. The van der Waals surface area contributed by atoms with E-state index < -0.39 is 0 Å². The number of nitrogens with two attached hydrogens (primary N) is 2. The number of imidazole rings is 1. The van der Waals surface area contributed by atoms with E-state index in [0.29, 0.717) is 24.8 Å². The highest BCUT2D eigenvalue weighted by molar-refractivity contribution is 5.85. The zero-order chi connectivity index (χ0) is 22.1. The predicted octanol–water partition coefficient (Wildman–Crippen LogP) is 3.21. The van der Waals surface area contributed by atoms with E-state index in [9.17, 15) is 0 Å². The van der Waals surface area contributed by atoms with Crippen LogP contribution < -0.4 is 16.8 Å². The van der Waals surface area contributed by atoms with E-state index in [4.69, 9.17) is 16.5 Å². The minimum Gasteiger partial charge on any atom is -0.368 e. The largest absolute Gasteiger partial charge is 0.368 e. The van der Waals surface area contributed by atoms with Gasteiger partial charge in [0.15, 0.2) is 17.0 Å². The SMILES string of the molecule is CC(N)Cc1nc2c(NCc3ccc(-n4cccn4)cc3)nc(N)nc2n1C1CCCC1. The lowest BCUT2D eigenvalue weighted by Gasteiger charge is -2.16. The van der Waals surface area contributed by atoms with Gasteiger partial charge in [0.1, 0.15) is 5.82 Å². The van der Waals surface area contributed by atoms with Crippen molar-refractivity contribution in [3.63, 3.8) is 0 Å². The summed E-state index contributed by atoms with van der Waals surface area (Å²) in [5.74, 6) is 1.88. The second kappa shape index (κ2) is 8.58. The van der Waals surface area contributed by atoms with Crippen LogP contribution in [-0.4, -0.2) is 35.3 Å². The summed E-state index contributed by atoms with van der Waals surface area (Å²) >= 11 is 0. The van der Waals surface area contributed by atoms with Crippen LogP contribution in [0.3, 0.4) is 0 Å². The topological polar surface area (TPSA) is 125 Å². The first-order chi connectivity index (χ1) is 15.6. The summed E-state index contributed by atoms with van der Waals surface area (Å²) in [6, 6.07) is 10.6. The van der Waals surface area contributed by atoms with Crippen LogP contribution in [0.5, 0.6) is 0 Å². The van der Waals surface area contributed by atoms with Gasteiger partial charge in [0.2, 0.25) is 5.95 Å². The number of nitrogens with one attached hydrogen (secondary N) is 1. The van der Waals surface area contributed by atoms with Gasteiger partial charge in [-0.2, -0.15) is 15.1 Å². The second-order valence-electron chi connectivity index (χ2n) is 8.59. The van der Waals surface area contributed by atoms with Crippen molar-refractivity contribution < 1.29 is 0 Å². The molecule has 0 radical (unpaired) electrons. The van der Waals surface area contributed by atoms with Crippen LogP contribution >= 0.6 is 0 Å². The molecule has 0 spiro atoms. The van der Waals surface area contributed by atoms with Crippen molar-refractivity contribution >= 4 is 22.9 Å². The summed E-state index contributed by atoms with van der Waals surface area (Å²) in [5.41, 5.74) is 15.9. The lowest BCUT2D eigenvalue weighted by molar-refractivity contribution is 0.499. The summed E-state index contributed by atoms with van der Waals surface area (Å²) in [5, 5.41) is 7.69. The van der Waals surface area contributed by atoms with Crippen molar-refractivity contribution in [2.24, 2.45) is 5.73 Å². The maximum Gasteiger partial charge on any atom is 0.224 e. The van der Waals surface area contributed by atoms with Crippen molar-refractivity contribution in [3.05, 3.63) is 54.1 Å². The maximum atomic E-state index is 6.13. The van der Waals surface area contributed by atoms with Crippen LogP contribution in [0.15, 0.2) is 42.7 Å². The second-order valence-corrected chi connectivity index (χ2v) is 8.59. The lowest BCUT2D eigenvalue weighted by atomic mass is 10.2. The average Bonchev–Trinajstić information content (AvgIpc) is 3.53. The summed E-state index contributed by atoms with van der Waals surface area (Å²) in [6.45, 7) is 2.61. The minimum atomic E-state index is 0.0157. The van der Waals surface area contributed by atoms with E-state index in [1.165, 1.54) is 12.8 Å². The van der Waals surface area contributed by atoms with Gasteiger partial charge in [0.05, 0.1) is 5.69 Å². The van der Waals surface area contributed by atoms with Crippen LogP contribution in [-0.2, 0) is 13.0 Å². The Hall–Kier alpha value is -3.46. The third-order valence-corrected chi connectivity index (χ3v) is 5.99. The van der Waals surface area contributed by atoms with Crippen molar-refractivity contribution in [1.82, 2.24) is 29.3 Å². The molecule has 4 aromatic rings. The van der Waals surface area contributed by atoms with E-state index >= 15 is 0 Å². The average molecular weight is 432 g/mol. The highest BCUT2D eigenvalue weighted by atomic mass is 15.3. The Bertz CT molecular complexity index is 1190. The number of nitrogens with zero attached hydrogens (tertiary/aromatic N) is 6. The molecule has 1 aliphatic rings. The molecule has 3 heterocycles. The van der Waals surface area contributed by atoms with Crippen molar-refractivity contribution in [2.45, 2.75) is 57.7 Å². The molecule has 1 aromatic carbocycles. The first kappa shape index (κ1) is 20.4. The zero-order valence-corrected chi connectivity index (χ0v) is 18.3. The van der Waals surface area contributed by atoms with Crippen LogP contribution in [0.4, 0.5) is 11.8 Å². The van der Waals surface area contributed by atoms with Gasteiger partial charge >= 0.3 is 0 Å². The molecule has 5 rings (SSSR count). The van der Waals surface area contributed by atoms with Gasteiger partial charge in [0.25, 0.3) is 0 Å². The highest BCUT2D eigenvalue weighted by Gasteiger charge is 2.25. The van der Waals surface area contributed by atoms with Crippen molar-refractivity contribution in [1.29, 1.82) is 0 Å². The highest BCUT2D eigenvalue weighted by Crippen LogP contribution is 2.35.